The molecule has 0 unspecified atom stereocenters. The first kappa shape index (κ1) is 16.0. The van der Waals surface area contributed by atoms with E-state index in [0.717, 1.165) is 16.0 Å². The lowest BCUT2D eigenvalue weighted by atomic mass is 10.1. The summed E-state index contributed by atoms with van der Waals surface area (Å²) in [5.41, 5.74) is 4.46. The second-order valence-corrected chi connectivity index (χ2v) is 5.94. The summed E-state index contributed by atoms with van der Waals surface area (Å²) in [5, 5.41) is 5.86. The summed E-state index contributed by atoms with van der Waals surface area (Å²) in [5.74, 6) is 0.367. The molecule has 0 radical (unpaired) electrons. The summed E-state index contributed by atoms with van der Waals surface area (Å²) >= 11 is 1.55. The number of para-hydroxylation sites is 1. The van der Waals surface area contributed by atoms with E-state index in [4.69, 9.17) is 4.74 Å². The van der Waals surface area contributed by atoms with Crippen LogP contribution in [-0.4, -0.2) is 18.7 Å². The Morgan fingerprint density at radius 3 is 2.62 bits per heavy atom. The van der Waals surface area contributed by atoms with E-state index in [1.54, 1.807) is 17.6 Å². The second kappa shape index (κ2) is 8.08. The number of nitrogens with one attached hydrogen (secondary N) is 1. The van der Waals surface area contributed by atoms with Gasteiger partial charge in [-0.05, 0) is 23.1 Å². The van der Waals surface area contributed by atoms with Crippen molar-refractivity contribution >= 4 is 23.5 Å². The lowest BCUT2D eigenvalue weighted by Gasteiger charge is -2.10. The highest BCUT2D eigenvalue weighted by molar-refractivity contribution is 7.11. The van der Waals surface area contributed by atoms with Gasteiger partial charge in [-0.1, -0.05) is 54.6 Å². The highest BCUT2D eigenvalue weighted by Gasteiger charge is 2.07. The van der Waals surface area contributed by atoms with Crippen molar-refractivity contribution in [1.82, 2.24) is 5.43 Å². The molecule has 1 amide bonds. The molecule has 24 heavy (non-hydrogen) atoms. The molecule has 0 spiro atoms. The van der Waals surface area contributed by atoms with Gasteiger partial charge in [-0.2, -0.15) is 5.10 Å². The number of thiophene rings is 1. The van der Waals surface area contributed by atoms with Crippen molar-refractivity contribution in [2.45, 2.75) is 0 Å². The molecule has 0 aliphatic carbocycles. The van der Waals surface area contributed by atoms with Crippen LogP contribution in [0.1, 0.15) is 4.88 Å². The third-order valence-electron chi connectivity index (χ3n) is 3.25. The number of hydrazone groups is 1. The normalized spacial score (nSPS) is 10.7. The molecule has 1 aromatic heterocycles. The molecule has 0 bridgehead atoms. The van der Waals surface area contributed by atoms with Crippen LogP contribution in [0.3, 0.4) is 0 Å². The molecule has 3 aromatic rings. The molecule has 3 rings (SSSR count). The number of hydrogen-bond donors (Lipinski definition) is 1. The fraction of sp³-hybridized carbons (Fsp3) is 0.0526. The third-order valence-corrected chi connectivity index (χ3v) is 4.06. The Hall–Kier alpha value is -2.92. The number of rotatable bonds is 6. The van der Waals surface area contributed by atoms with E-state index >= 15 is 0 Å². The SMILES string of the molecule is O=C(COc1ccccc1-c1ccccc1)N/N=C/c1cccs1. The zero-order valence-electron chi connectivity index (χ0n) is 12.9. The molecule has 0 atom stereocenters. The maximum Gasteiger partial charge on any atom is 0.277 e. The highest BCUT2D eigenvalue weighted by atomic mass is 32.1. The molecular weight excluding hydrogens is 320 g/mol. The zero-order valence-corrected chi connectivity index (χ0v) is 13.7. The maximum absolute atomic E-state index is 11.8. The molecule has 0 fully saturated rings. The van der Waals surface area contributed by atoms with Crippen molar-refractivity contribution in [2.24, 2.45) is 5.10 Å². The van der Waals surface area contributed by atoms with Crippen LogP contribution in [0, 0.1) is 0 Å². The Morgan fingerprint density at radius 1 is 1.04 bits per heavy atom. The molecule has 1 heterocycles. The van der Waals surface area contributed by atoms with E-state index < -0.39 is 0 Å². The van der Waals surface area contributed by atoms with Crippen LogP contribution >= 0.6 is 11.3 Å². The predicted octanol–water partition coefficient (Wildman–Crippen LogP) is 3.94. The molecule has 2 aromatic carbocycles. The summed E-state index contributed by atoms with van der Waals surface area (Å²) in [6, 6.07) is 21.4. The Balaban J connectivity index is 1.60. The lowest BCUT2D eigenvalue weighted by molar-refractivity contribution is -0.123. The standard InChI is InChI=1S/C19H16N2O2S/c22-19(21-20-13-16-9-6-12-24-16)14-23-18-11-5-4-10-17(18)15-7-2-1-3-8-15/h1-13H,14H2,(H,21,22)/b20-13+. The van der Waals surface area contributed by atoms with Gasteiger partial charge in [-0.25, -0.2) is 5.43 Å². The van der Waals surface area contributed by atoms with Gasteiger partial charge in [-0.3, -0.25) is 4.79 Å². The summed E-state index contributed by atoms with van der Waals surface area (Å²) in [6.07, 6.45) is 1.61. The minimum atomic E-state index is -0.300. The van der Waals surface area contributed by atoms with Gasteiger partial charge in [0.15, 0.2) is 6.61 Å². The molecule has 0 saturated carbocycles. The molecule has 0 aliphatic heterocycles. The van der Waals surface area contributed by atoms with Crippen molar-refractivity contribution in [1.29, 1.82) is 0 Å². The largest absolute Gasteiger partial charge is 0.483 e. The first-order chi connectivity index (χ1) is 11.8. The minimum Gasteiger partial charge on any atom is -0.483 e. The maximum atomic E-state index is 11.8. The average molecular weight is 336 g/mol. The van der Waals surface area contributed by atoms with Gasteiger partial charge in [0.25, 0.3) is 5.91 Å². The Morgan fingerprint density at radius 2 is 1.83 bits per heavy atom. The van der Waals surface area contributed by atoms with Crippen molar-refractivity contribution < 1.29 is 9.53 Å². The van der Waals surface area contributed by atoms with Crippen LogP contribution in [0.25, 0.3) is 11.1 Å². The molecular formula is C19H16N2O2S. The van der Waals surface area contributed by atoms with Gasteiger partial charge >= 0.3 is 0 Å². The van der Waals surface area contributed by atoms with Gasteiger partial charge in [0.05, 0.1) is 6.21 Å². The molecule has 1 N–H and O–H groups in total. The Bertz CT molecular complexity index is 814. The van der Waals surface area contributed by atoms with Crippen LogP contribution in [0.5, 0.6) is 5.75 Å². The second-order valence-electron chi connectivity index (χ2n) is 4.96. The minimum absolute atomic E-state index is 0.0916. The summed E-state index contributed by atoms with van der Waals surface area (Å²) in [6.45, 7) is -0.0916. The fourth-order valence-electron chi connectivity index (χ4n) is 2.16. The summed E-state index contributed by atoms with van der Waals surface area (Å²) < 4.78 is 5.66. The van der Waals surface area contributed by atoms with E-state index in [-0.39, 0.29) is 12.5 Å². The van der Waals surface area contributed by atoms with E-state index in [9.17, 15) is 4.79 Å². The van der Waals surface area contributed by atoms with Crippen molar-refractivity contribution in [3.05, 3.63) is 77.0 Å². The van der Waals surface area contributed by atoms with E-state index in [1.165, 1.54) is 0 Å². The number of carbonyl (C=O) groups is 1. The number of carbonyl (C=O) groups excluding carboxylic acids is 1. The number of hydrogen-bond acceptors (Lipinski definition) is 4. The van der Waals surface area contributed by atoms with Crippen LogP contribution in [-0.2, 0) is 4.79 Å². The Kier molecular flexibility index (Phi) is 5.37. The Labute approximate surface area is 144 Å². The summed E-state index contributed by atoms with van der Waals surface area (Å²) in [4.78, 5) is 12.8. The molecule has 4 nitrogen and oxygen atoms in total. The topological polar surface area (TPSA) is 50.7 Å². The number of nitrogens with zero attached hydrogens (tertiary/aromatic N) is 1. The van der Waals surface area contributed by atoms with Gasteiger partial charge in [-0.15, -0.1) is 11.3 Å². The first-order valence-corrected chi connectivity index (χ1v) is 8.33. The van der Waals surface area contributed by atoms with E-state index in [1.807, 2.05) is 72.1 Å². The zero-order chi connectivity index (χ0) is 16.6. The third kappa shape index (κ3) is 4.30. The molecule has 0 saturated heterocycles. The monoisotopic (exact) mass is 336 g/mol. The molecule has 5 heteroatoms. The summed E-state index contributed by atoms with van der Waals surface area (Å²) in [7, 11) is 0. The number of amides is 1. The molecule has 120 valence electrons. The highest BCUT2D eigenvalue weighted by Crippen LogP contribution is 2.29. The quantitative estimate of drug-likeness (QED) is 0.547. The average Bonchev–Trinajstić information content (AvgIpc) is 3.14. The smallest absolute Gasteiger partial charge is 0.277 e. The van der Waals surface area contributed by atoms with Crippen molar-refractivity contribution in [3.8, 4) is 16.9 Å². The number of benzene rings is 2. The fourth-order valence-corrected chi connectivity index (χ4v) is 2.74. The van der Waals surface area contributed by atoms with Crippen LogP contribution in [0.15, 0.2) is 77.2 Å². The number of ether oxygens (including phenoxy) is 1. The van der Waals surface area contributed by atoms with E-state index in [2.05, 4.69) is 10.5 Å². The van der Waals surface area contributed by atoms with Crippen LogP contribution < -0.4 is 10.2 Å². The van der Waals surface area contributed by atoms with Crippen molar-refractivity contribution in [3.63, 3.8) is 0 Å². The van der Waals surface area contributed by atoms with Gasteiger partial charge in [0.1, 0.15) is 5.75 Å². The predicted molar refractivity (Wildman–Crippen MR) is 97.4 cm³/mol. The van der Waals surface area contributed by atoms with Crippen LogP contribution in [0.2, 0.25) is 0 Å². The van der Waals surface area contributed by atoms with Gasteiger partial charge < -0.3 is 4.74 Å². The van der Waals surface area contributed by atoms with Crippen LogP contribution in [0.4, 0.5) is 0 Å². The molecule has 0 aliphatic rings. The van der Waals surface area contributed by atoms with Gasteiger partial charge in [0.2, 0.25) is 0 Å². The lowest BCUT2D eigenvalue weighted by Crippen LogP contribution is -2.24. The van der Waals surface area contributed by atoms with Gasteiger partial charge in [0, 0.05) is 10.4 Å². The van der Waals surface area contributed by atoms with Crippen molar-refractivity contribution in [2.75, 3.05) is 6.61 Å². The van der Waals surface area contributed by atoms with E-state index in [0.29, 0.717) is 5.75 Å². The first-order valence-electron chi connectivity index (χ1n) is 7.45.